The number of aromatic nitrogens is 2. The number of nitrogens with zero attached hydrogens (tertiary/aromatic N) is 3. The predicted octanol–water partition coefficient (Wildman–Crippen LogP) is 5.90. The van der Waals surface area contributed by atoms with E-state index in [1.165, 1.54) is 20.5 Å². The fourth-order valence-corrected chi connectivity index (χ4v) is 7.43. The Morgan fingerprint density at radius 3 is 2.44 bits per heavy atom. The number of ether oxygens (including phenoxy) is 3. The fraction of sp³-hybridized carbons (Fsp3) is 0.281. The number of carbonyl (C=O) groups is 1. The van der Waals surface area contributed by atoms with E-state index in [0.717, 1.165) is 22.6 Å². The number of fused-ring (bicyclic) bond motifs is 1. The maximum Gasteiger partial charge on any atom is 0.338 e. The van der Waals surface area contributed by atoms with Gasteiger partial charge in [-0.3, -0.25) is 9.36 Å². The molecule has 1 aliphatic rings. The second-order valence-electron chi connectivity index (χ2n) is 10.1. The topological polar surface area (TPSA) is 84.1 Å². The number of allylic oxidation sites excluding steroid dienone is 1. The van der Waals surface area contributed by atoms with E-state index in [9.17, 15) is 9.59 Å². The van der Waals surface area contributed by atoms with Crippen LogP contribution >= 0.6 is 49.9 Å². The molecule has 0 unspecified atom stereocenters. The largest absolute Gasteiger partial charge is 0.493 e. The molecule has 11 heteroatoms. The quantitative estimate of drug-likeness (QED) is 0.173. The monoisotopic (exact) mass is 775 g/mol. The van der Waals surface area contributed by atoms with Crippen LogP contribution in [0.3, 0.4) is 0 Å². The maximum atomic E-state index is 14.2. The van der Waals surface area contributed by atoms with Crippen LogP contribution in [-0.4, -0.2) is 35.9 Å². The third kappa shape index (κ3) is 5.62. The molecule has 0 bridgehead atoms. The Bertz CT molecular complexity index is 1990. The van der Waals surface area contributed by atoms with Crippen LogP contribution < -0.4 is 24.4 Å². The zero-order valence-electron chi connectivity index (χ0n) is 24.9. The standard InChI is InChI=1S/C32H31BrIN3O5S/c1-8-42-31(39)28-18(4)35-32-37(29(28)22-14-25(40-6)26(41-7)15-23(22)33)30(38)27(43-32)12-20-11-17(3)36(19(20)5)21-10-9-16(2)24(34)13-21/h9-15,29H,8H2,1-7H3/b27-12-/t29-/m0/s1. The van der Waals surface area contributed by atoms with E-state index in [4.69, 9.17) is 19.2 Å². The Morgan fingerprint density at radius 1 is 1.09 bits per heavy atom. The number of halogens is 2. The zero-order chi connectivity index (χ0) is 31.2. The third-order valence-corrected chi connectivity index (χ3v) is 10.3. The smallest absolute Gasteiger partial charge is 0.338 e. The summed E-state index contributed by atoms with van der Waals surface area (Å²) >= 11 is 7.29. The van der Waals surface area contributed by atoms with Gasteiger partial charge in [0.1, 0.15) is 0 Å². The van der Waals surface area contributed by atoms with Crippen LogP contribution in [0, 0.1) is 24.3 Å². The zero-order valence-corrected chi connectivity index (χ0v) is 29.4. The second-order valence-corrected chi connectivity index (χ2v) is 13.2. The number of benzene rings is 2. The summed E-state index contributed by atoms with van der Waals surface area (Å²) in [7, 11) is 3.10. The normalized spacial score (nSPS) is 14.9. The number of aryl methyl sites for hydroxylation is 2. The molecule has 224 valence electrons. The molecule has 43 heavy (non-hydrogen) atoms. The number of hydrogen-bond acceptors (Lipinski definition) is 7. The molecule has 0 spiro atoms. The predicted molar refractivity (Wildman–Crippen MR) is 180 cm³/mol. The van der Waals surface area contributed by atoms with Crippen molar-refractivity contribution in [3.63, 3.8) is 0 Å². The minimum Gasteiger partial charge on any atom is -0.493 e. The molecule has 0 saturated carbocycles. The van der Waals surface area contributed by atoms with Crippen molar-refractivity contribution in [1.82, 2.24) is 9.13 Å². The Morgan fingerprint density at radius 2 is 1.79 bits per heavy atom. The Hall–Kier alpha value is -3.16. The highest BCUT2D eigenvalue weighted by atomic mass is 127. The van der Waals surface area contributed by atoms with E-state index in [1.54, 1.807) is 44.8 Å². The van der Waals surface area contributed by atoms with E-state index in [1.807, 2.05) is 6.08 Å². The molecule has 4 aromatic rings. The molecule has 0 N–H and O–H groups in total. The van der Waals surface area contributed by atoms with Gasteiger partial charge in [-0.25, -0.2) is 9.79 Å². The minimum atomic E-state index is -0.798. The number of methoxy groups -OCH3 is 2. The average molecular weight is 776 g/mol. The van der Waals surface area contributed by atoms with Crippen LogP contribution in [0.15, 0.2) is 61.9 Å². The van der Waals surface area contributed by atoms with Crippen LogP contribution in [0.1, 0.15) is 48.0 Å². The van der Waals surface area contributed by atoms with Gasteiger partial charge in [-0.2, -0.15) is 0 Å². The first-order valence-corrected chi connectivity index (χ1v) is 16.3. The molecular weight excluding hydrogens is 745 g/mol. The van der Waals surface area contributed by atoms with E-state index in [0.29, 0.717) is 42.1 Å². The summed E-state index contributed by atoms with van der Waals surface area (Å²) in [5, 5.41) is 0. The van der Waals surface area contributed by atoms with Crippen LogP contribution in [0.4, 0.5) is 0 Å². The number of thiazole rings is 1. The molecule has 1 atom stereocenters. The molecular formula is C32H31BrIN3O5S. The summed E-state index contributed by atoms with van der Waals surface area (Å²) in [6.45, 7) is 9.90. The van der Waals surface area contributed by atoms with Crippen molar-refractivity contribution in [3.05, 3.63) is 103 Å². The van der Waals surface area contributed by atoms with Crippen molar-refractivity contribution in [2.24, 2.45) is 4.99 Å². The first-order valence-electron chi connectivity index (χ1n) is 13.6. The molecule has 0 saturated heterocycles. The average Bonchev–Trinajstić information content (AvgIpc) is 3.42. The molecule has 5 rings (SSSR count). The summed E-state index contributed by atoms with van der Waals surface area (Å²) in [6, 6.07) is 11.2. The molecule has 2 aromatic heterocycles. The van der Waals surface area contributed by atoms with Crippen molar-refractivity contribution in [3.8, 4) is 17.2 Å². The van der Waals surface area contributed by atoms with Gasteiger partial charge in [-0.1, -0.05) is 33.3 Å². The lowest BCUT2D eigenvalue weighted by Crippen LogP contribution is -2.40. The van der Waals surface area contributed by atoms with Gasteiger partial charge in [-0.15, -0.1) is 0 Å². The van der Waals surface area contributed by atoms with Gasteiger partial charge in [0.25, 0.3) is 5.56 Å². The van der Waals surface area contributed by atoms with E-state index >= 15 is 0 Å². The van der Waals surface area contributed by atoms with Crippen LogP contribution in [-0.2, 0) is 9.53 Å². The number of carbonyl (C=O) groups excluding carboxylic acids is 1. The minimum absolute atomic E-state index is 0.190. The Balaban J connectivity index is 1.73. The molecule has 0 fully saturated rings. The number of hydrogen-bond donors (Lipinski definition) is 0. The Kier molecular flexibility index (Phi) is 9.05. The fourth-order valence-electron chi connectivity index (χ4n) is 5.36. The lowest BCUT2D eigenvalue weighted by molar-refractivity contribution is -0.139. The first-order chi connectivity index (χ1) is 20.5. The van der Waals surface area contributed by atoms with Crippen molar-refractivity contribution in [1.29, 1.82) is 0 Å². The molecule has 0 amide bonds. The maximum absolute atomic E-state index is 14.2. The van der Waals surface area contributed by atoms with Crippen LogP contribution in [0.25, 0.3) is 11.8 Å². The van der Waals surface area contributed by atoms with Gasteiger partial charge in [0, 0.05) is 25.1 Å². The molecule has 1 aliphatic heterocycles. The Labute approximate surface area is 275 Å². The third-order valence-electron chi connectivity index (χ3n) is 7.48. The highest BCUT2D eigenvalue weighted by Crippen LogP contribution is 2.40. The highest BCUT2D eigenvalue weighted by Gasteiger charge is 2.35. The number of esters is 1. The van der Waals surface area contributed by atoms with Gasteiger partial charge < -0.3 is 18.8 Å². The van der Waals surface area contributed by atoms with E-state index < -0.39 is 12.0 Å². The van der Waals surface area contributed by atoms with Gasteiger partial charge in [0.2, 0.25) is 0 Å². The van der Waals surface area contributed by atoms with Gasteiger partial charge >= 0.3 is 5.97 Å². The van der Waals surface area contributed by atoms with Crippen molar-refractivity contribution < 1.29 is 19.0 Å². The number of rotatable bonds is 7. The molecule has 0 aliphatic carbocycles. The van der Waals surface area contributed by atoms with Crippen molar-refractivity contribution in [2.75, 3.05) is 20.8 Å². The molecule has 8 nitrogen and oxygen atoms in total. The molecule has 3 heterocycles. The second kappa shape index (κ2) is 12.4. The summed E-state index contributed by atoms with van der Waals surface area (Å²) in [4.78, 5) is 32.7. The van der Waals surface area contributed by atoms with Crippen molar-refractivity contribution in [2.45, 2.75) is 40.7 Å². The summed E-state index contributed by atoms with van der Waals surface area (Å²) in [6.07, 6.45) is 1.91. The van der Waals surface area contributed by atoms with E-state index in [2.05, 4.69) is 88.1 Å². The van der Waals surface area contributed by atoms with Crippen LogP contribution in [0.5, 0.6) is 11.5 Å². The van der Waals surface area contributed by atoms with Gasteiger partial charge in [0.05, 0.1) is 42.7 Å². The van der Waals surface area contributed by atoms with Gasteiger partial charge in [0.15, 0.2) is 16.3 Å². The SMILES string of the molecule is CCOC(=O)C1=C(C)N=c2s/c(=C\c3cc(C)n(-c4ccc(C)c(I)c4)c3C)c(=O)n2[C@H]1c1cc(OC)c(OC)cc1Br. The van der Waals surface area contributed by atoms with E-state index in [-0.39, 0.29) is 12.2 Å². The molecule has 0 radical (unpaired) electrons. The summed E-state index contributed by atoms with van der Waals surface area (Å²) in [5.41, 5.74) is 6.48. The lowest BCUT2D eigenvalue weighted by atomic mass is 9.95. The lowest BCUT2D eigenvalue weighted by Gasteiger charge is -2.26. The highest BCUT2D eigenvalue weighted by molar-refractivity contribution is 14.1. The van der Waals surface area contributed by atoms with Gasteiger partial charge in [-0.05, 0) is 110 Å². The van der Waals surface area contributed by atoms with Crippen LogP contribution in [0.2, 0.25) is 0 Å². The summed E-state index contributed by atoms with van der Waals surface area (Å²) < 4.78 is 22.6. The summed E-state index contributed by atoms with van der Waals surface area (Å²) in [5.74, 6) is 0.461. The molecule has 2 aromatic carbocycles. The first kappa shape index (κ1) is 31.3. The van der Waals surface area contributed by atoms with Crippen molar-refractivity contribution >= 4 is 61.9 Å².